The first-order valence-corrected chi connectivity index (χ1v) is 21.2. The van der Waals surface area contributed by atoms with Gasteiger partial charge in [-0.2, -0.15) is 0 Å². The molecule has 0 spiro atoms. The number of aromatic nitrogens is 3. The number of ether oxygens (including phenoxy) is 2. The lowest BCUT2D eigenvalue weighted by molar-refractivity contribution is -0.359. The third-order valence-corrected chi connectivity index (χ3v) is 12.3. The Morgan fingerprint density at radius 1 is 0.349 bits per heavy atom. The first kappa shape index (κ1) is 36.4. The van der Waals surface area contributed by atoms with Crippen LogP contribution in [0, 0.1) is 0 Å². The van der Waals surface area contributed by atoms with E-state index in [1.807, 2.05) is 30.3 Å². The Morgan fingerprint density at radius 3 is 1.54 bits per heavy atom. The van der Waals surface area contributed by atoms with Crippen molar-refractivity contribution in [3.63, 3.8) is 0 Å². The van der Waals surface area contributed by atoms with E-state index in [0.29, 0.717) is 40.5 Å². The van der Waals surface area contributed by atoms with Gasteiger partial charge in [-0.15, -0.1) is 0 Å². The van der Waals surface area contributed by atoms with Crippen molar-refractivity contribution in [3.05, 3.63) is 247 Å². The van der Waals surface area contributed by atoms with Gasteiger partial charge in [-0.3, -0.25) is 0 Å². The lowest BCUT2D eigenvalue weighted by Crippen LogP contribution is -2.28. The molecule has 0 radical (unpaired) electrons. The van der Waals surface area contributed by atoms with Crippen LogP contribution in [0.25, 0.3) is 67.5 Å². The maximum atomic E-state index is 7.27. The number of aromatic amines is 1. The largest absolute Gasteiger partial charge is 0.449 e. The fourth-order valence-corrected chi connectivity index (χ4v) is 9.52. The van der Waals surface area contributed by atoms with E-state index in [2.05, 4.69) is 199 Å². The number of nitrogens with one attached hydrogen (secondary N) is 1. The second kappa shape index (κ2) is 14.9. The quantitative estimate of drug-likeness (QED) is 0.161. The summed E-state index contributed by atoms with van der Waals surface area (Å²) in [4.78, 5) is 14.2. The van der Waals surface area contributed by atoms with Crippen LogP contribution in [0.3, 0.4) is 0 Å². The SMILES string of the molecule is c1ccc(-c2cccc(-c3nc(-c4cccc(-c5ccccc5)c4)[nH+]c(-c4cccc5c4Oc4c(ccc6c4-c4ccccc4C6(c4ccccc4)c4ccccc4)O5)n3)c2)cc1. The van der Waals surface area contributed by atoms with E-state index in [9.17, 15) is 0 Å². The Labute approximate surface area is 365 Å². The van der Waals surface area contributed by atoms with E-state index in [0.717, 1.165) is 55.6 Å². The summed E-state index contributed by atoms with van der Waals surface area (Å²) in [6, 6.07) is 78.2. The molecule has 1 aromatic heterocycles. The highest BCUT2D eigenvalue weighted by Gasteiger charge is 2.48. The average Bonchev–Trinajstić information content (AvgIpc) is 3.68. The molecule has 0 saturated carbocycles. The Morgan fingerprint density at radius 2 is 0.857 bits per heavy atom. The van der Waals surface area contributed by atoms with Gasteiger partial charge in [-0.25, -0.2) is 4.98 Å². The molecule has 296 valence electrons. The molecule has 0 bridgehead atoms. The van der Waals surface area contributed by atoms with Gasteiger partial charge in [0, 0.05) is 5.56 Å². The van der Waals surface area contributed by atoms with Crippen LogP contribution in [0.15, 0.2) is 224 Å². The van der Waals surface area contributed by atoms with E-state index < -0.39 is 5.41 Å². The summed E-state index contributed by atoms with van der Waals surface area (Å²) in [5.74, 6) is 4.39. The van der Waals surface area contributed by atoms with E-state index in [1.165, 1.54) is 16.7 Å². The molecule has 0 fully saturated rings. The van der Waals surface area contributed by atoms with Crippen molar-refractivity contribution >= 4 is 0 Å². The van der Waals surface area contributed by atoms with Gasteiger partial charge in [-0.05, 0) is 92.5 Å². The van der Waals surface area contributed by atoms with Gasteiger partial charge >= 0.3 is 5.82 Å². The van der Waals surface area contributed by atoms with Crippen LogP contribution in [-0.4, -0.2) is 9.97 Å². The molecule has 12 rings (SSSR count). The van der Waals surface area contributed by atoms with Crippen LogP contribution in [0.2, 0.25) is 0 Å². The number of fused-ring (bicyclic) bond motifs is 6. The van der Waals surface area contributed by atoms with Crippen LogP contribution < -0.4 is 14.5 Å². The smallest absolute Gasteiger partial charge is 0.308 e. The number of hydrogen-bond acceptors (Lipinski definition) is 4. The lowest BCUT2D eigenvalue weighted by Gasteiger charge is -2.34. The molecule has 1 aliphatic heterocycles. The monoisotopic (exact) mass is 808 g/mol. The molecule has 5 heteroatoms. The highest BCUT2D eigenvalue weighted by Crippen LogP contribution is 2.62. The molecular weight excluding hydrogens is 771 g/mol. The number of hydrogen-bond donors (Lipinski definition) is 0. The van der Waals surface area contributed by atoms with E-state index in [-0.39, 0.29) is 0 Å². The number of H-pyrrole nitrogens is 1. The summed E-state index contributed by atoms with van der Waals surface area (Å²) in [5, 5.41) is 0. The first-order valence-electron chi connectivity index (χ1n) is 21.2. The minimum absolute atomic E-state index is 0.579. The van der Waals surface area contributed by atoms with Gasteiger partial charge in [0.25, 0.3) is 11.6 Å². The van der Waals surface area contributed by atoms with Crippen molar-refractivity contribution < 1.29 is 14.5 Å². The van der Waals surface area contributed by atoms with Crippen LogP contribution in [0.1, 0.15) is 22.3 Å². The fraction of sp³-hybridized carbons (Fsp3) is 0.0172. The topological polar surface area (TPSA) is 58.4 Å². The molecule has 10 aromatic rings. The number of nitrogens with zero attached hydrogens (tertiary/aromatic N) is 2. The number of rotatable bonds is 7. The highest BCUT2D eigenvalue weighted by molar-refractivity contribution is 5.92. The van der Waals surface area contributed by atoms with E-state index in [4.69, 9.17) is 19.4 Å². The van der Waals surface area contributed by atoms with Crippen molar-refractivity contribution in [2.75, 3.05) is 0 Å². The Bertz CT molecular complexity index is 3190. The highest BCUT2D eigenvalue weighted by atomic mass is 16.6. The van der Waals surface area contributed by atoms with Gasteiger partial charge < -0.3 is 9.47 Å². The summed E-state index contributed by atoms with van der Waals surface area (Å²) >= 11 is 0. The molecule has 0 unspecified atom stereocenters. The van der Waals surface area contributed by atoms with Crippen molar-refractivity contribution in [1.29, 1.82) is 0 Å². The van der Waals surface area contributed by atoms with Crippen LogP contribution in [0.5, 0.6) is 23.0 Å². The second-order valence-electron chi connectivity index (χ2n) is 15.9. The standard InChI is InChI=1S/C58H37N3O2/c1-5-18-38(19-6-1)40-22-15-24-42(36-40)55-59-56(43-25-16-23-41(37-43)39-20-7-2-8-21-39)61-57(60-55)47-31-17-33-50-53(47)63-54-51(62-50)35-34-49-52(54)46-30-13-14-32-48(46)58(49,44-26-9-3-10-27-44)45-28-11-4-12-29-45/h1-37H/p+1. The second-order valence-corrected chi connectivity index (χ2v) is 15.9. The van der Waals surface area contributed by atoms with Crippen LogP contribution in [-0.2, 0) is 5.41 Å². The molecular formula is C58H38N3O2+. The third-order valence-electron chi connectivity index (χ3n) is 12.3. The van der Waals surface area contributed by atoms with Crippen molar-refractivity contribution in [2.24, 2.45) is 0 Å². The minimum atomic E-state index is -0.584. The molecule has 5 nitrogen and oxygen atoms in total. The van der Waals surface area contributed by atoms with E-state index >= 15 is 0 Å². The lowest BCUT2D eigenvalue weighted by atomic mass is 9.68. The predicted octanol–water partition coefficient (Wildman–Crippen LogP) is 13.9. The third kappa shape index (κ3) is 6.05. The summed E-state index contributed by atoms with van der Waals surface area (Å²) in [6.45, 7) is 0. The van der Waals surface area contributed by atoms with Gasteiger partial charge in [-0.1, -0.05) is 192 Å². The number of benzene rings is 9. The summed E-state index contributed by atoms with van der Waals surface area (Å²) in [5.41, 5.74) is 13.2. The Balaban J connectivity index is 1.04. The average molecular weight is 809 g/mol. The van der Waals surface area contributed by atoms with Gasteiger partial charge in [0.15, 0.2) is 23.0 Å². The Kier molecular flexibility index (Phi) is 8.64. The van der Waals surface area contributed by atoms with Crippen molar-refractivity contribution in [2.45, 2.75) is 5.41 Å². The minimum Gasteiger partial charge on any atom is -0.449 e. The van der Waals surface area contributed by atoms with Crippen molar-refractivity contribution in [3.8, 4) is 90.5 Å². The first-order chi connectivity index (χ1) is 31.2. The molecule has 0 saturated heterocycles. The van der Waals surface area contributed by atoms with Crippen molar-refractivity contribution in [1.82, 2.24) is 9.97 Å². The Hall–Kier alpha value is -8.41. The summed E-state index contributed by atoms with van der Waals surface area (Å²) in [6.07, 6.45) is 0. The zero-order valence-corrected chi connectivity index (χ0v) is 34.1. The van der Waals surface area contributed by atoms with Crippen LogP contribution >= 0.6 is 0 Å². The normalized spacial score (nSPS) is 12.8. The molecule has 1 aliphatic carbocycles. The molecule has 1 N–H and O–H groups in total. The summed E-state index contributed by atoms with van der Waals surface area (Å²) < 4.78 is 14.1. The van der Waals surface area contributed by atoms with Crippen LogP contribution in [0.4, 0.5) is 0 Å². The molecule has 9 aromatic carbocycles. The van der Waals surface area contributed by atoms with Gasteiger partial charge in [0.2, 0.25) is 0 Å². The van der Waals surface area contributed by atoms with Gasteiger partial charge in [0.05, 0.1) is 22.1 Å². The molecule has 2 heterocycles. The zero-order chi connectivity index (χ0) is 41.7. The zero-order valence-electron chi connectivity index (χ0n) is 34.1. The van der Waals surface area contributed by atoms with Gasteiger partial charge in [0.1, 0.15) is 0 Å². The fourth-order valence-electron chi connectivity index (χ4n) is 9.52. The molecule has 2 aliphatic rings. The maximum absolute atomic E-state index is 7.27. The maximum Gasteiger partial charge on any atom is 0.308 e. The molecule has 0 atom stereocenters. The predicted molar refractivity (Wildman–Crippen MR) is 250 cm³/mol. The molecule has 63 heavy (non-hydrogen) atoms. The van der Waals surface area contributed by atoms with E-state index in [1.54, 1.807) is 0 Å². The summed E-state index contributed by atoms with van der Waals surface area (Å²) in [7, 11) is 0. The molecule has 0 amide bonds. The number of para-hydroxylation sites is 1.